The van der Waals surface area contributed by atoms with Crippen molar-refractivity contribution in [2.24, 2.45) is 17.4 Å². The number of nitrogens with zero attached hydrogens (tertiary/aromatic N) is 1. The van der Waals surface area contributed by atoms with Crippen LogP contribution in [0.4, 0.5) is 0 Å². The summed E-state index contributed by atoms with van der Waals surface area (Å²) in [6.45, 7) is 4.61. The van der Waals surface area contributed by atoms with Gasteiger partial charge in [0.2, 0.25) is 17.7 Å². The van der Waals surface area contributed by atoms with Crippen molar-refractivity contribution in [3.05, 3.63) is 0 Å². The first kappa shape index (κ1) is 29.2. The number of hydrogen-bond donors (Lipinski definition) is 5. The van der Waals surface area contributed by atoms with Crippen LogP contribution in [0.3, 0.4) is 0 Å². The molecule has 1 rings (SSSR count). The van der Waals surface area contributed by atoms with Gasteiger partial charge in [0, 0.05) is 6.54 Å². The zero-order valence-corrected chi connectivity index (χ0v) is 20.9. The smallest absolute Gasteiger partial charge is 0.326 e. The number of likely N-dealkylation sites (tertiary alicyclic amines) is 1. The number of rotatable bonds is 15. The van der Waals surface area contributed by atoms with Crippen LogP contribution in [0.1, 0.15) is 58.8 Å². The molecule has 0 aliphatic carbocycles. The number of nitrogens with one attached hydrogen (secondary N) is 2. The van der Waals surface area contributed by atoms with Crippen molar-refractivity contribution in [2.75, 3.05) is 25.1 Å². The molecule has 0 saturated carbocycles. The Kier molecular flexibility index (Phi) is 13.4. The highest BCUT2D eigenvalue weighted by atomic mass is 32.2. The monoisotopic (exact) mass is 487 g/mol. The molecule has 0 spiro atoms. The summed E-state index contributed by atoms with van der Waals surface area (Å²) in [5, 5.41) is 14.8. The molecule has 7 N–H and O–H groups in total. The van der Waals surface area contributed by atoms with E-state index in [1.54, 1.807) is 11.8 Å². The quantitative estimate of drug-likeness (QED) is 0.205. The number of carbonyl (C=O) groups is 4. The lowest BCUT2D eigenvalue weighted by Crippen LogP contribution is -2.58. The van der Waals surface area contributed by atoms with Gasteiger partial charge in [-0.3, -0.25) is 14.4 Å². The van der Waals surface area contributed by atoms with Crippen LogP contribution >= 0.6 is 11.8 Å². The molecular weight excluding hydrogens is 446 g/mol. The third-order valence-electron chi connectivity index (χ3n) is 6.14. The van der Waals surface area contributed by atoms with Crippen LogP contribution in [0.25, 0.3) is 0 Å². The summed E-state index contributed by atoms with van der Waals surface area (Å²) in [6, 6.07) is -3.30. The van der Waals surface area contributed by atoms with Gasteiger partial charge in [-0.05, 0) is 63.0 Å². The molecule has 1 saturated heterocycles. The van der Waals surface area contributed by atoms with Crippen molar-refractivity contribution >= 4 is 35.5 Å². The number of amides is 3. The second-order valence-corrected chi connectivity index (χ2v) is 9.62. The summed E-state index contributed by atoms with van der Waals surface area (Å²) < 4.78 is 0. The molecule has 0 bridgehead atoms. The summed E-state index contributed by atoms with van der Waals surface area (Å²) in [7, 11) is 0. The second-order valence-electron chi connectivity index (χ2n) is 8.63. The van der Waals surface area contributed by atoms with Crippen molar-refractivity contribution < 1.29 is 24.3 Å². The molecule has 0 aromatic carbocycles. The lowest BCUT2D eigenvalue weighted by molar-refractivity contribution is -0.143. The minimum Gasteiger partial charge on any atom is -0.480 e. The molecule has 0 aromatic rings. The lowest BCUT2D eigenvalue weighted by atomic mass is 9.97. The maximum atomic E-state index is 13.1. The standard InChI is InChI=1S/C22H41N5O5S/c1-4-14(2)18(20(29)25-16(22(31)32)8-5-6-11-23)26-19(28)17-9-7-12-27(17)21(30)15(24)10-13-33-3/h14-18H,4-13,23-24H2,1-3H3,(H,25,29)(H,26,28)(H,31,32). The van der Waals surface area contributed by atoms with Gasteiger partial charge in [-0.2, -0.15) is 11.8 Å². The van der Waals surface area contributed by atoms with Gasteiger partial charge in [0.1, 0.15) is 18.1 Å². The minimum atomic E-state index is -1.12. The van der Waals surface area contributed by atoms with E-state index in [-0.39, 0.29) is 18.2 Å². The number of carbonyl (C=O) groups excluding carboxylic acids is 3. The summed E-state index contributed by atoms with van der Waals surface area (Å²) in [6.07, 6.45) is 5.76. The summed E-state index contributed by atoms with van der Waals surface area (Å²) in [5.41, 5.74) is 11.5. The largest absolute Gasteiger partial charge is 0.480 e. The molecule has 0 aromatic heterocycles. The average molecular weight is 488 g/mol. The summed E-state index contributed by atoms with van der Waals surface area (Å²) in [4.78, 5) is 51.9. The third kappa shape index (κ3) is 9.13. The number of thioether (sulfide) groups is 1. The second kappa shape index (κ2) is 15.1. The van der Waals surface area contributed by atoms with Gasteiger partial charge in [0.15, 0.2) is 0 Å². The minimum absolute atomic E-state index is 0.221. The molecule has 5 atom stereocenters. The van der Waals surface area contributed by atoms with Gasteiger partial charge in [-0.15, -0.1) is 0 Å². The first-order valence-electron chi connectivity index (χ1n) is 11.8. The Morgan fingerprint density at radius 3 is 2.45 bits per heavy atom. The molecule has 3 amide bonds. The lowest BCUT2D eigenvalue weighted by Gasteiger charge is -2.30. The fourth-order valence-corrected chi connectivity index (χ4v) is 4.34. The van der Waals surface area contributed by atoms with Crippen molar-refractivity contribution in [1.29, 1.82) is 0 Å². The first-order chi connectivity index (χ1) is 15.7. The maximum absolute atomic E-state index is 13.1. The molecule has 10 nitrogen and oxygen atoms in total. The Morgan fingerprint density at radius 1 is 1.18 bits per heavy atom. The van der Waals surface area contributed by atoms with Crippen molar-refractivity contribution in [2.45, 2.75) is 83.0 Å². The van der Waals surface area contributed by atoms with Crippen molar-refractivity contribution in [3.8, 4) is 0 Å². The van der Waals surface area contributed by atoms with Gasteiger partial charge < -0.3 is 32.1 Å². The number of unbranched alkanes of at least 4 members (excludes halogenated alkanes) is 1. The molecule has 1 fully saturated rings. The molecule has 33 heavy (non-hydrogen) atoms. The Hall–Kier alpha value is -1.85. The molecule has 1 aliphatic heterocycles. The van der Waals surface area contributed by atoms with E-state index in [1.165, 1.54) is 4.90 Å². The molecule has 1 heterocycles. The Bertz CT molecular complexity index is 665. The predicted molar refractivity (Wildman–Crippen MR) is 130 cm³/mol. The molecule has 5 unspecified atom stereocenters. The van der Waals surface area contributed by atoms with E-state index in [0.29, 0.717) is 51.6 Å². The number of nitrogens with two attached hydrogens (primary N) is 2. The molecular formula is C22H41N5O5S. The van der Waals surface area contributed by atoms with Gasteiger partial charge in [0.25, 0.3) is 0 Å². The van der Waals surface area contributed by atoms with Gasteiger partial charge >= 0.3 is 5.97 Å². The van der Waals surface area contributed by atoms with Crippen LogP contribution in [0.15, 0.2) is 0 Å². The van der Waals surface area contributed by atoms with Crippen LogP contribution in [-0.2, 0) is 19.2 Å². The van der Waals surface area contributed by atoms with E-state index >= 15 is 0 Å². The normalized spacial score (nSPS) is 19.4. The van der Waals surface area contributed by atoms with E-state index < -0.39 is 42.0 Å². The van der Waals surface area contributed by atoms with E-state index in [4.69, 9.17) is 11.5 Å². The Labute approximate surface area is 200 Å². The fraction of sp³-hybridized carbons (Fsp3) is 0.818. The van der Waals surface area contributed by atoms with Crippen LogP contribution in [0.5, 0.6) is 0 Å². The third-order valence-corrected chi connectivity index (χ3v) is 6.79. The van der Waals surface area contributed by atoms with E-state index in [2.05, 4.69) is 10.6 Å². The van der Waals surface area contributed by atoms with Gasteiger partial charge in [0.05, 0.1) is 6.04 Å². The van der Waals surface area contributed by atoms with Crippen LogP contribution < -0.4 is 22.1 Å². The molecule has 1 aliphatic rings. The zero-order chi connectivity index (χ0) is 25.0. The van der Waals surface area contributed by atoms with Crippen molar-refractivity contribution in [1.82, 2.24) is 15.5 Å². The van der Waals surface area contributed by atoms with E-state index in [9.17, 15) is 24.3 Å². The number of hydrogen-bond acceptors (Lipinski definition) is 7. The molecule has 190 valence electrons. The average Bonchev–Trinajstić information content (AvgIpc) is 3.29. The van der Waals surface area contributed by atoms with Gasteiger partial charge in [-0.1, -0.05) is 20.3 Å². The maximum Gasteiger partial charge on any atom is 0.326 e. The van der Waals surface area contributed by atoms with Gasteiger partial charge in [-0.25, -0.2) is 4.79 Å². The van der Waals surface area contributed by atoms with Crippen LogP contribution in [0.2, 0.25) is 0 Å². The fourth-order valence-electron chi connectivity index (χ4n) is 3.85. The number of carboxylic acids is 1. The molecule has 0 radical (unpaired) electrons. The Morgan fingerprint density at radius 2 is 1.88 bits per heavy atom. The topological polar surface area (TPSA) is 168 Å². The van der Waals surface area contributed by atoms with Crippen LogP contribution in [0, 0.1) is 5.92 Å². The van der Waals surface area contributed by atoms with E-state index in [0.717, 1.165) is 5.75 Å². The summed E-state index contributed by atoms with van der Waals surface area (Å²) >= 11 is 1.60. The number of aliphatic carboxylic acids is 1. The van der Waals surface area contributed by atoms with Crippen molar-refractivity contribution in [3.63, 3.8) is 0 Å². The van der Waals surface area contributed by atoms with E-state index in [1.807, 2.05) is 20.1 Å². The SMILES string of the molecule is CCC(C)C(NC(=O)C1CCCN1C(=O)C(N)CCSC)C(=O)NC(CCCCN)C(=O)O. The summed E-state index contributed by atoms with van der Waals surface area (Å²) in [5.74, 6) is -1.79. The molecule has 11 heteroatoms. The highest BCUT2D eigenvalue weighted by Crippen LogP contribution is 2.20. The van der Waals surface area contributed by atoms with Crippen LogP contribution in [-0.4, -0.2) is 83.0 Å². The zero-order valence-electron chi connectivity index (χ0n) is 20.0. The predicted octanol–water partition coefficient (Wildman–Crippen LogP) is 0.287. The highest BCUT2D eigenvalue weighted by Gasteiger charge is 2.38. The number of carboxylic acid groups (broad SMARTS) is 1. The Balaban J connectivity index is 2.88. The first-order valence-corrected chi connectivity index (χ1v) is 13.2. The highest BCUT2D eigenvalue weighted by molar-refractivity contribution is 7.98.